The number of hydrogen-bond donors (Lipinski definition) is 1. The molecule has 1 aliphatic heterocycles. The Morgan fingerprint density at radius 3 is 3.12 bits per heavy atom. The normalized spacial score (nSPS) is 20.8. The number of nitro groups is 1. The molecule has 16 heavy (non-hydrogen) atoms. The topological polar surface area (TPSA) is 85.3 Å². The Balaban J connectivity index is 2.28. The van der Waals surface area contributed by atoms with E-state index in [-0.39, 0.29) is 11.7 Å². The van der Waals surface area contributed by atoms with Crippen molar-refractivity contribution < 1.29 is 4.92 Å². The van der Waals surface area contributed by atoms with Gasteiger partial charge in [0.1, 0.15) is 11.9 Å². The summed E-state index contributed by atoms with van der Waals surface area (Å²) in [5, 5.41) is 10.9. The number of aromatic nitrogens is 1. The third kappa shape index (κ3) is 2.11. The first-order valence-corrected chi connectivity index (χ1v) is 5.27. The van der Waals surface area contributed by atoms with Crippen LogP contribution in [-0.4, -0.2) is 29.0 Å². The van der Waals surface area contributed by atoms with Crippen molar-refractivity contribution in [2.75, 3.05) is 18.0 Å². The quantitative estimate of drug-likeness (QED) is 0.594. The van der Waals surface area contributed by atoms with E-state index in [0.29, 0.717) is 12.2 Å². The van der Waals surface area contributed by atoms with E-state index in [2.05, 4.69) is 4.98 Å². The lowest BCUT2D eigenvalue weighted by Crippen LogP contribution is -2.43. The predicted molar refractivity (Wildman–Crippen MR) is 60.3 cm³/mol. The summed E-state index contributed by atoms with van der Waals surface area (Å²) in [7, 11) is 0. The SMILES string of the molecule is N[C@H]1CCCN(c2ccncc2[N+](=O)[O-])C1. The molecule has 0 aromatic carbocycles. The number of anilines is 1. The van der Waals surface area contributed by atoms with Gasteiger partial charge in [0.2, 0.25) is 0 Å². The Morgan fingerprint density at radius 1 is 1.62 bits per heavy atom. The highest BCUT2D eigenvalue weighted by atomic mass is 16.6. The van der Waals surface area contributed by atoms with Crippen molar-refractivity contribution in [3.63, 3.8) is 0 Å². The number of rotatable bonds is 2. The van der Waals surface area contributed by atoms with Crippen molar-refractivity contribution in [2.24, 2.45) is 5.73 Å². The molecule has 6 heteroatoms. The molecule has 0 unspecified atom stereocenters. The van der Waals surface area contributed by atoms with Gasteiger partial charge in [0.15, 0.2) is 0 Å². The van der Waals surface area contributed by atoms with Crippen LogP contribution >= 0.6 is 0 Å². The van der Waals surface area contributed by atoms with Crippen molar-refractivity contribution in [3.05, 3.63) is 28.6 Å². The molecule has 1 aromatic heterocycles. The molecule has 1 aliphatic rings. The molecule has 2 rings (SSSR count). The molecule has 0 spiro atoms. The minimum absolute atomic E-state index is 0.0524. The molecule has 0 radical (unpaired) electrons. The fourth-order valence-corrected chi connectivity index (χ4v) is 2.02. The van der Waals surface area contributed by atoms with Crippen LogP contribution in [0.3, 0.4) is 0 Å². The zero-order valence-electron chi connectivity index (χ0n) is 8.87. The van der Waals surface area contributed by atoms with Crippen molar-refractivity contribution in [2.45, 2.75) is 18.9 Å². The van der Waals surface area contributed by atoms with Gasteiger partial charge in [0, 0.05) is 25.3 Å². The summed E-state index contributed by atoms with van der Waals surface area (Å²) >= 11 is 0. The Hall–Kier alpha value is -1.69. The maximum atomic E-state index is 10.9. The smallest absolute Gasteiger partial charge is 0.310 e. The molecule has 0 aliphatic carbocycles. The van der Waals surface area contributed by atoms with Crippen molar-refractivity contribution in [1.29, 1.82) is 0 Å². The van der Waals surface area contributed by atoms with Crippen LogP contribution in [0.1, 0.15) is 12.8 Å². The van der Waals surface area contributed by atoms with E-state index in [1.165, 1.54) is 6.20 Å². The standard InChI is InChI=1S/C10H14N4O2/c11-8-2-1-5-13(7-8)9-3-4-12-6-10(9)14(15)16/h3-4,6,8H,1-2,5,7,11H2/t8-/m0/s1. The Labute approximate surface area is 93.2 Å². The molecule has 0 amide bonds. The number of piperidine rings is 1. The second-order valence-electron chi connectivity index (χ2n) is 3.97. The molecule has 2 heterocycles. The van der Waals surface area contributed by atoms with Gasteiger partial charge in [-0.2, -0.15) is 0 Å². The molecule has 0 saturated carbocycles. The van der Waals surface area contributed by atoms with E-state index in [0.717, 1.165) is 19.4 Å². The first-order valence-electron chi connectivity index (χ1n) is 5.27. The van der Waals surface area contributed by atoms with Crippen molar-refractivity contribution in [3.8, 4) is 0 Å². The van der Waals surface area contributed by atoms with Gasteiger partial charge in [-0.1, -0.05) is 0 Å². The third-order valence-corrected chi connectivity index (χ3v) is 2.77. The number of nitrogens with zero attached hydrogens (tertiary/aromatic N) is 3. The predicted octanol–water partition coefficient (Wildman–Crippen LogP) is 0.917. The summed E-state index contributed by atoms with van der Waals surface area (Å²) in [5.41, 5.74) is 6.53. The Kier molecular flexibility index (Phi) is 3.00. The Bertz CT molecular complexity index is 396. The minimum atomic E-state index is -0.400. The van der Waals surface area contributed by atoms with Gasteiger partial charge in [0.05, 0.1) is 4.92 Å². The van der Waals surface area contributed by atoms with Crippen LogP contribution in [0, 0.1) is 10.1 Å². The van der Waals surface area contributed by atoms with Crippen LogP contribution in [0.4, 0.5) is 11.4 Å². The summed E-state index contributed by atoms with van der Waals surface area (Å²) in [4.78, 5) is 16.2. The van der Waals surface area contributed by atoms with E-state index in [1.54, 1.807) is 12.3 Å². The van der Waals surface area contributed by atoms with Gasteiger partial charge in [-0.05, 0) is 18.9 Å². The van der Waals surface area contributed by atoms with Gasteiger partial charge in [0.25, 0.3) is 0 Å². The summed E-state index contributed by atoms with van der Waals surface area (Å²) in [6.07, 6.45) is 4.81. The zero-order chi connectivity index (χ0) is 11.5. The number of pyridine rings is 1. The van der Waals surface area contributed by atoms with Gasteiger partial charge in [-0.25, -0.2) is 0 Å². The maximum Gasteiger partial charge on any atom is 0.310 e. The van der Waals surface area contributed by atoms with Gasteiger partial charge >= 0.3 is 5.69 Å². The highest BCUT2D eigenvalue weighted by Gasteiger charge is 2.23. The second kappa shape index (κ2) is 4.44. The average molecular weight is 222 g/mol. The average Bonchev–Trinajstić information content (AvgIpc) is 2.29. The van der Waals surface area contributed by atoms with E-state index in [9.17, 15) is 10.1 Å². The molecule has 0 bridgehead atoms. The minimum Gasteiger partial charge on any atom is -0.364 e. The largest absolute Gasteiger partial charge is 0.364 e. The first-order chi connectivity index (χ1) is 7.68. The molecular weight excluding hydrogens is 208 g/mol. The highest BCUT2D eigenvalue weighted by molar-refractivity contribution is 5.61. The summed E-state index contributed by atoms with van der Waals surface area (Å²) in [6.45, 7) is 1.49. The summed E-state index contributed by atoms with van der Waals surface area (Å²) in [5.74, 6) is 0. The lowest BCUT2D eigenvalue weighted by Gasteiger charge is -2.31. The number of hydrogen-bond acceptors (Lipinski definition) is 5. The first kappa shape index (κ1) is 10.8. The van der Waals surface area contributed by atoms with Gasteiger partial charge in [-0.15, -0.1) is 0 Å². The molecule has 1 atom stereocenters. The van der Waals surface area contributed by atoms with Gasteiger partial charge in [-0.3, -0.25) is 15.1 Å². The molecule has 1 saturated heterocycles. The fourth-order valence-electron chi connectivity index (χ4n) is 2.02. The fraction of sp³-hybridized carbons (Fsp3) is 0.500. The van der Waals surface area contributed by atoms with Crippen LogP contribution in [0.25, 0.3) is 0 Å². The monoisotopic (exact) mass is 222 g/mol. The lowest BCUT2D eigenvalue weighted by molar-refractivity contribution is -0.384. The molecule has 6 nitrogen and oxygen atoms in total. The summed E-state index contributed by atoms with van der Waals surface area (Å²) in [6, 6.07) is 1.78. The van der Waals surface area contributed by atoms with E-state index in [1.807, 2.05) is 4.90 Å². The maximum absolute atomic E-state index is 10.9. The molecule has 2 N–H and O–H groups in total. The van der Waals surface area contributed by atoms with Crippen molar-refractivity contribution >= 4 is 11.4 Å². The third-order valence-electron chi connectivity index (χ3n) is 2.77. The molecule has 1 fully saturated rings. The molecule has 86 valence electrons. The molecular formula is C10H14N4O2. The zero-order valence-corrected chi connectivity index (χ0v) is 8.87. The number of nitrogens with two attached hydrogens (primary N) is 1. The van der Waals surface area contributed by atoms with Crippen LogP contribution in [0.5, 0.6) is 0 Å². The van der Waals surface area contributed by atoms with Crippen molar-refractivity contribution in [1.82, 2.24) is 4.98 Å². The van der Waals surface area contributed by atoms with E-state index < -0.39 is 4.92 Å². The van der Waals surface area contributed by atoms with Crippen LogP contribution in [0.2, 0.25) is 0 Å². The van der Waals surface area contributed by atoms with Gasteiger partial charge < -0.3 is 10.6 Å². The second-order valence-corrected chi connectivity index (χ2v) is 3.97. The van der Waals surface area contributed by atoms with E-state index in [4.69, 9.17) is 5.73 Å². The molecule has 1 aromatic rings. The summed E-state index contributed by atoms with van der Waals surface area (Å²) < 4.78 is 0. The highest BCUT2D eigenvalue weighted by Crippen LogP contribution is 2.28. The van der Waals surface area contributed by atoms with E-state index >= 15 is 0 Å². The van der Waals surface area contributed by atoms with Crippen LogP contribution in [-0.2, 0) is 0 Å². The Morgan fingerprint density at radius 2 is 2.44 bits per heavy atom. The lowest BCUT2D eigenvalue weighted by atomic mass is 10.1. The van der Waals surface area contributed by atoms with Crippen LogP contribution < -0.4 is 10.6 Å². The van der Waals surface area contributed by atoms with Crippen LogP contribution in [0.15, 0.2) is 18.5 Å².